The Hall–Kier alpha value is -2.15. The number of hydrogen-bond acceptors (Lipinski definition) is 2. The molecule has 0 radical (unpaired) electrons. The van der Waals surface area contributed by atoms with Gasteiger partial charge in [-0.05, 0) is 23.1 Å². The molecule has 2 aromatic rings. The van der Waals surface area contributed by atoms with Crippen LogP contribution in [0.2, 0.25) is 0 Å². The maximum absolute atomic E-state index is 12.6. The first-order chi connectivity index (χ1) is 13.1. The van der Waals surface area contributed by atoms with Crippen LogP contribution >= 0.6 is 0 Å². The molecule has 168 valence electrons. The van der Waals surface area contributed by atoms with Gasteiger partial charge < -0.3 is 4.74 Å². The normalized spacial score (nSPS) is 14.5. The first kappa shape index (κ1) is 25.9. The summed E-state index contributed by atoms with van der Waals surface area (Å²) in [5.41, 5.74) is 1.46. The van der Waals surface area contributed by atoms with Crippen molar-refractivity contribution in [3.63, 3.8) is 0 Å². The standard InChI is InChI=1S/C17H16F3N2O.6FH.Sb/c1-16(2,3)11-8-9-14(22-21)13(10-11)12-6-4-5-7-15(12)23-17(18,19)20;;;;;;;/h4-10H,1-3H3;6*1H;/q+1;;;;;;;+5/p-6. The third kappa shape index (κ3) is 10.6. The number of alkyl halides is 3. The third-order valence-corrected chi connectivity index (χ3v) is 3.37. The van der Waals surface area contributed by atoms with Crippen LogP contribution in [0.1, 0.15) is 26.3 Å². The van der Waals surface area contributed by atoms with E-state index >= 15 is 0 Å². The van der Waals surface area contributed by atoms with Crippen molar-refractivity contribution in [1.29, 1.82) is 5.39 Å². The molecule has 0 fully saturated rings. The third-order valence-electron chi connectivity index (χ3n) is 3.37. The van der Waals surface area contributed by atoms with E-state index in [2.05, 4.69) is 9.71 Å². The van der Waals surface area contributed by atoms with E-state index in [1.165, 1.54) is 18.2 Å². The summed E-state index contributed by atoms with van der Waals surface area (Å²) in [6.07, 6.45) is -4.80. The molecule has 13 heteroatoms. The molecule has 0 aromatic heterocycles. The van der Waals surface area contributed by atoms with E-state index in [0.717, 1.165) is 5.56 Å². The van der Waals surface area contributed by atoms with Crippen LogP contribution in [-0.4, -0.2) is 25.8 Å². The van der Waals surface area contributed by atoms with E-state index in [1.54, 1.807) is 24.3 Å². The van der Waals surface area contributed by atoms with Crippen LogP contribution < -0.4 is 4.74 Å². The molecule has 30 heavy (non-hydrogen) atoms. The van der Waals surface area contributed by atoms with Crippen molar-refractivity contribution >= 4 is 25.2 Å². The number of rotatable bonds is 2. The number of diazo groups is 1. The number of hydrogen-bond donors (Lipinski definition) is 0. The van der Waals surface area contributed by atoms with Gasteiger partial charge in [0.05, 0.1) is 5.56 Å². The molecule has 0 bridgehead atoms. The molecule has 0 saturated heterocycles. The molecule has 0 saturated carbocycles. The molecule has 0 aliphatic rings. The van der Waals surface area contributed by atoms with Gasteiger partial charge in [0.2, 0.25) is 5.39 Å². The zero-order chi connectivity index (χ0) is 23.7. The second-order valence-electron chi connectivity index (χ2n) is 7.08. The SMILES string of the molecule is CC(C)(C)c1ccc([N+]#N)c(-c2ccccc2OC(F)(F)F)c1.[F][Sb-]([F])([F])([F])([F])[F]. The van der Waals surface area contributed by atoms with E-state index in [1.807, 2.05) is 20.8 Å². The van der Waals surface area contributed by atoms with Crippen LogP contribution in [0.15, 0.2) is 42.5 Å². The Morgan fingerprint density at radius 1 is 0.833 bits per heavy atom. The summed E-state index contributed by atoms with van der Waals surface area (Å²) in [5.74, 6) is -0.337. The summed E-state index contributed by atoms with van der Waals surface area (Å²) in [5, 5.41) is 9.16. The molecule has 0 heterocycles. The number of nitrogens with zero attached hydrogens (tertiary/aromatic N) is 2. The molecule has 0 unspecified atom stereocenters. The Labute approximate surface area is 168 Å². The molecule has 0 aliphatic carbocycles. The monoisotopic (exact) mass is 556 g/mol. The zero-order valence-corrected chi connectivity index (χ0v) is 18.2. The minimum absolute atomic E-state index is 0.177. The van der Waals surface area contributed by atoms with E-state index in [-0.39, 0.29) is 22.4 Å². The van der Waals surface area contributed by atoms with Crippen molar-refractivity contribution in [1.82, 2.24) is 0 Å². The van der Waals surface area contributed by atoms with Crippen LogP contribution in [0.25, 0.3) is 16.1 Å². The van der Waals surface area contributed by atoms with Gasteiger partial charge in [-0.15, -0.1) is 13.2 Å². The first-order valence-electron chi connectivity index (χ1n) is 7.98. The van der Waals surface area contributed by atoms with Crippen LogP contribution in [0.5, 0.6) is 5.75 Å². The van der Waals surface area contributed by atoms with E-state index < -0.39 is 25.8 Å². The predicted molar refractivity (Wildman–Crippen MR) is 94.4 cm³/mol. The Morgan fingerprint density at radius 3 is 1.77 bits per heavy atom. The molecular weight excluding hydrogens is 541 g/mol. The van der Waals surface area contributed by atoms with E-state index in [0.29, 0.717) is 5.56 Å². The van der Waals surface area contributed by atoms with Gasteiger partial charge in [0.15, 0.2) is 4.98 Å². The van der Waals surface area contributed by atoms with Gasteiger partial charge in [-0.25, -0.2) is 0 Å². The molecular formula is C17H16F9N2OSb. The summed E-state index contributed by atoms with van der Waals surface area (Å²) >= 11 is -11.2. The Balaban J connectivity index is 0.000000553. The second kappa shape index (κ2) is 7.52. The fourth-order valence-electron chi connectivity index (χ4n) is 2.21. The van der Waals surface area contributed by atoms with Crippen LogP contribution in [0.4, 0.5) is 35.7 Å². The average Bonchev–Trinajstić information content (AvgIpc) is 2.49. The fourth-order valence-corrected chi connectivity index (χ4v) is 2.21. The van der Waals surface area contributed by atoms with Crippen molar-refractivity contribution in [2.45, 2.75) is 32.5 Å². The fraction of sp³-hybridized carbons (Fsp3) is 0.294. The van der Waals surface area contributed by atoms with Crippen LogP contribution in [0.3, 0.4) is 0 Å². The maximum atomic E-state index is 12.6. The Kier molecular flexibility index (Phi) is 6.49. The number of ether oxygens (including phenoxy) is 1. The van der Waals surface area contributed by atoms with E-state index in [4.69, 9.17) is 5.39 Å². The van der Waals surface area contributed by atoms with Gasteiger partial charge in [-0.3, -0.25) is 0 Å². The summed E-state index contributed by atoms with van der Waals surface area (Å²) in [6, 6.07) is 10.8. The minimum atomic E-state index is -11.2. The van der Waals surface area contributed by atoms with Gasteiger partial charge >= 0.3 is 48.4 Å². The second-order valence-corrected chi connectivity index (χ2v) is 12.6. The number of halogens is 9. The summed E-state index contributed by atoms with van der Waals surface area (Å²) in [7, 11) is 0. The molecule has 2 rings (SSSR count). The zero-order valence-electron chi connectivity index (χ0n) is 15.7. The van der Waals surface area contributed by atoms with Gasteiger partial charge in [0.25, 0.3) is 0 Å². The quantitative estimate of drug-likeness (QED) is 0.212. The number of benzene rings is 2. The predicted octanol–water partition coefficient (Wildman–Crippen LogP) is 8.17. The van der Waals surface area contributed by atoms with Gasteiger partial charge in [-0.2, -0.15) is 0 Å². The van der Waals surface area contributed by atoms with Crippen molar-refractivity contribution in [2.24, 2.45) is 0 Å². The Morgan fingerprint density at radius 2 is 1.33 bits per heavy atom. The van der Waals surface area contributed by atoms with Crippen LogP contribution in [0, 0.1) is 5.39 Å². The molecule has 2 aromatic carbocycles. The van der Waals surface area contributed by atoms with Crippen molar-refractivity contribution in [3.8, 4) is 16.9 Å². The molecule has 0 amide bonds. The first-order valence-corrected chi connectivity index (χ1v) is 13.8. The topological polar surface area (TPSA) is 37.4 Å². The van der Waals surface area contributed by atoms with Crippen molar-refractivity contribution in [2.75, 3.05) is 0 Å². The van der Waals surface area contributed by atoms with Gasteiger partial charge in [0.1, 0.15) is 5.75 Å². The summed E-state index contributed by atoms with van der Waals surface area (Å²) in [6.45, 7) is 5.96. The number of para-hydroxylation sites is 1. The van der Waals surface area contributed by atoms with Crippen molar-refractivity contribution in [3.05, 3.63) is 53.0 Å². The Bertz CT molecular complexity index is 945. The van der Waals surface area contributed by atoms with Crippen LogP contribution in [-0.2, 0) is 5.41 Å². The molecule has 0 spiro atoms. The van der Waals surface area contributed by atoms with Gasteiger partial charge in [0, 0.05) is 11.6 Å². The summed E-state index contributed by atoms with van der Waals surface area (Å²) in [4.78, 5) is 3.17. The molecule has 0 aliphatic heterocycles. The molecule has 0 N–H and O–H groups in total. The van der Waals surface area contributed by atoms with Gasteiger partial charge in [-0.1, -0.05) is 45.0 Å². The van der Waals surface area contributed by atoms with E-state index in [9.17, 15) is 30.0 Å². The van der Waals surface area contributed by atoms with Crippen molar-refractivity contribution < 1.29 is 34.8 Å². The molecule has 3 nitrogen and oxygen atoms in total. The molecule has 0 atom stereocenters. The average molecular weight is 557 g/mol. The summed E-state index contributed by atoms with van der Waals surface area (Å²) < 4.78 is 101.